The minimum atomic E-state index is 0.842. The van der Waals surface area contributed by atoms with Crippen LogP contribution in [-0.4, -0.2) is 34.3 Å². The Morgan fingerprint density at radius 2 is 2.17 bits per heavy atom. The Balaban J connectivity index is 1.76. The van der Waals surface area contributed by atoms with Gasteiger partial charge < -0.3 is 5.73 Å². The second-order valence-corrected chi connectivity index (χ2v) is 5.41. The molecule has 2 heterocycles. The van der Waals surface area contributed by atoms with Crippen LogP contribution in [0.2, 0.25) is 0 Å². The van der Waals surface area contributed by atoms with Gasteiger partial charge in [0.05, 0.1) is 6.20 Å². The minimum Gasteiger partial charge on any atom is -0.330 e. The molecule has 1 saturated heterocycles. The summed E-state index contributed by atoms with van der Waals surface area (Å²) in [4.78, 5) is 2.54. The van der Waals surface area contributed by atoms with E-state index in [0.29, 0.717) is 0 Å². The van der Waals surface area contributed by atoms with Gasteiger partial charge in [-0.2, -0.15) is 5.10 Å². The third-order valence-corrected chi connectivity index (χ3v) is 3.83. The van der Waals surface area contributed by atoms with Gasteiger partial charge in [0, 0.05) is 24.8 Å². The van der Waals surface area contributed by atoms with Crippen LogP contribution < -0.4 is 5.73 Å². The topological polar surface area (TPSA) is 47.1 Å². The molecule has 0 atom stereocenters. The van der Waals surface area contributed by atoms with E-state index >= 15 is 0 Å². The van der Waals surface area contributed by atoms with E-state index in [1.54, 1.807) is 0 Å². The first-order chi connectivity index (χ1) is 8.81. The van der Waals surface area contributed by atoms with E-state index in [1.165, 1.54) is 37.9 Å². The Morgan fingerprint density at radius 3 is 2.83 bits per heavy atom. The zero-order chi connectivity index (χ0) is 12.8. The van der Waals surface area contributed by atoms with Crippen molar-refractivity contribution in [3.05, 3.63) is 18.0 Å². The molecule has 1 aromatic rings. The number of piperidine rings is 1. The van der Waals surface area contributed by atoms with E-state index in [1.807, 2.05) is 6.20 Å². The van der Waals surface area contributed by atoms with Crippen molar-refractivity contribution >= 4 is 0 Å². The lowest BCUT2D eigenvalue weighted by atomic mass is 9.93. The largest absolute Gasteiger partial charge is 0.330 e. The van der Waals surface area contributed by atoms with Crippen LogP contribution in [0.3, 0.4) is 0 Å². The van der Waals surface area contributed by atoms with Gasteiger partial charge in [0.2, 0.25) is 0 Å². The van der Waals surface area contributed by atoms with E-state index in [9.17, 15) is 0 Å². The standard InChI is InChI=1S/C14H26N4/c1-2-7-18-12-14(10-16-18)11-17-8-4-13(3-6-15)5-9-17/h10,12-13H,2-9,11,15H2,1H3. The van der Waals surface area contributed by atoms with Crippen LogP contribution in [0.25, 0.3) is 0 Å². The number of aryl methyl sites for hydroxylation is 1. The summed E-state index contributed by atoms with van der Waals surface area (Å²) in [5, 5.41) is 4.39. The summed E-state index contributed by atoms with van der Waals surface area (Å²) in [6, 6.07) is 0. The predicted octanol–water partition coefficient (Wildman–Crippen LogP) is 1.85. The van der Waals surface area contributed by atoms with Gasteiger partial charge in [-0.05, 0) is 51.2 Å². The third kappa shape index (κ3) is 3.82. The van der Waals surface area contributed by atoms with Crippen molar-refractivity contribution in [3.8, 4) is 0 Å². The first kappa shape index (κ1) is 13.6. The van der Waals surface area contributed by atoms with Crippen LogP contribution in [0.4, 0.5) is 0 Å². The van der Waals surface area contributed by atoms with E-state index in [4.69, 9.17) is 5.73 Å². The smallest absolute Gasteiger partial charge is 0.0534 e. The molecule has 4 heteroatoms. The van der Waals surface area contributed by atoms with Crippen molar-refractivity contribution in [1.82, 2.24) is 14.7 Å². The fraction of sp³-hybridized carbons (Fsp3) is 0.786. The van der Waals surface area contributed by atoms with Gasteiger partial charge in [0.25, 0.3) is 0 Å². The van der Waals surface area contributed by atoms with Crippen LogP contribution in [0.5, 0.6) is 0 Å². The Labute approximate surface area is 110 Å². The molecule has 0 aliphatic carbocycles. The Morgan fingerprint density at radius 1 is 1.39 bits per heavy atom. The first-order valence-electron chi connectivity index (χ1n) is 7.25. The molecule has 0 radical (unpaired) electrons. The number of likely N-dealkylation sites (tertiary alicyclic amines) is 1. The lowest BCUT2D eigenvalue weighted by Crippen LogP contribution is -2.33. The zero-order valence-electron chi connectivity index (χ0n) is 11.5. The van der Waals surface area contributed by atoms with Crippen LogP contribution in [0.1, 0.15) is 38.2 Å². The molecule has 0 saturated carbocycles. The summed E-state index contributed by atoms with van der Waals surface area (Å²) < 4.78 is 2.05. The second kappa shape index (κ2) is 6.90. The van der Waals surface area contributed by atoms with E-state index < -0.39 is 0 Å². The molecule has 0 aromatic carbocycles. The van der Waals surface area contributed by atoms with Crippen LogP contribution in [-0.2, 0) is 13.1 Å². The molecule has 102 valence electrons. The van der Waals surface area contributed by atoms with Crippen molar-refractivity contribution in [1.29, 1.82) is 0 Å². The highest BCUT2D eigenvalue weighted by Crippen LogP contribution is 2.21. The van der Waals surface area contributed by atoms with Crippen molar-refractivity contribution in [2.75, 3.05) is 19.6 Å². The SMILES string of the molecule is CCCn1cc(CN2CCC(CCN)CC2)cn1. The second-order valence-electron chi connectivity index (χ2n) is 5.41. The van der Waals surface area contributed by atoms with E-state index in [0.717, 1.165) is 32.0 Å². The van der Waals surface area contributed by atoms with Crippen LogP contribution in [0, 0.1) is 5.92 Å². The number of hydrogen-bond donors (Lipinski definition) is 1. The summed E-state index contributed by atoms with van der Waals surface area (Å²) in [7, 11) is 0. The highest BCUT2D eigenvalue weighted by atomic mass is 15.3. The quantitative estimate of drug-likeness (QED) is 0.838. The third-order valence-electron chi connectivity index (χ3n) is 3.83. The zero-order valence-corrected chi connectivity index (χ0v) is 11.5. The van der Waals surface area contributed by atoms with Gasteiger partial charge >= 0.3 is 0 Å². The molecule has 0 spiro atoms. The lowest BCUT2D eigenvalue weighted by Gasteiger charge is -2.31. The molecule has 2 rings (SSSR count). The molecular weight excluding hydrogens is 224 g/mol. The molecule has 1 fully saturated rings. The van der Waals surface area contributed by atoms with Gasteiger partial charge in [-0.3, -0.25) is 9.58 Å². The molecular formula is C14H26N4. The normalized spacial score (nSPS) is 18.3. The molecule has 2 N–H and O–H groups in total. The predicted molar refractivity (Wildman–Crippen MR) is 74.2 cm³/mol. The maximum atomic E-state index is 5.62. The molecule has 18 heavy (non-hydrogen) atoms. The summed E-state index contributed by atoms with van der Waals surface area (Å²) in [5.41, 5.74) is 6.97. The van der Waals surface area contributed by atoms with Gasteiger partial charge in [-0.25, -0.2) is 0 Å². The van der Waals surface area contributed by atoms with Crippen LogP contribution >= 0.6 is 0 Å². The monoisotopic (exact) mass is 250 g/mol. The van der Waals surface area contributed by atoms with Crippen molar-refractivity contribution < 1.29 is 0 Å². The maximum absolute atomic E-state index is 5.62. The molecule has 1 aliphatic heterocycles. The summed E-state index contributed by atoms with van der Waals surface area (Å²) in [6.07, 6.45) is 9.16. The number of aromatic nitrogens is 2. The Kier molecular flexibility index (Phi) is 5.20. The van der Waals surface area contributed by atoms with Crippen molar-refractivity contribution in [2.24, 2.45) is 11.7 Å². The molecule has 0 unspecified atom stereocenters. The maximum Gasteiger partial charge on any atom is 0.0534 e. The highest BCUT2D eigenvalue weighted by molar-refractivity contribution is 5.03. The number of hydrogen-bond acceptors (Lipinski definition) is 3. The molecule has 0 amide bonds. The minimum absolute atomic E-state index is 0.842. The van der Waals surface area contributed by atoms with Gasteiger partial charge in [0.15, 0.2) is 0 Å². The lowest BCUT2D eigenvalue weighted by molar-refractivity contribution is 0.173. The molecule has 1 aromatic heterocycles. The Bertz CT molecular complexity index is 339. The van der Waals surface area contributed by atoms with E-state index in [2.05, 4.69) is 27.8 Å². The molecule has 1 aliphatic rings. The van der Waals surface area contributed by atoms with Crippen molar-refractivity contribution in [3.63, 3.8) is 0 Å². The van der Waals surface area contributed by atoms with Gasteiger partial charge in [-0.1, -0.05) is 6.92 Å². The molecule has 4 nitrogen and oxygen atoms in total. The van der Waals surface area contributed by atoms with Gasteiger partial charge in [-0.15, -0.1) is 0 Å². The van der Waals surface area contributed by atoms with Crippen molar-refractivity contribution in [2.45, 2.75) is 45.7 Å². The first-order valence-corrected chi connectivity index (χ1v) is 7.25. The average molecular weight is 250 g/mol. The fourth-order valence-corrected chi connectivity index (χ4v) is 2.77. The average Bonchev–Trinajstić information content (AvgIpc) is 2.80. The highest BCUT2D eigenvalue weighted by Gasteiger charge is 2.18. The number of nitrogens with two attached hydrogens (primary N) is 1. The summed E-state index contributed by atoms with van der Waals surface area (Å²) in [6.45, 7) is 7.53. The number of rotatable bonds is 6. The summed E-state index contributed by atoms with van der Waals surface area (Å²) >= 11 is 0. The fourth-order valence-electron chi connectivity index (χ4n) is 2.77. The van der Waals surface area contributed by atoms with Gasteiger partial charge in [0.1, 0.15) is 0 Å². The summed E-state index contributed by atoms with van der Waals surface area (Å²) in [5.74, 6) is 0.856. The van der Waals surface area contributed by atoms with Crippen LogP contribution in [0.15, 0.2) is 12.4 Å². The molecule has 0 bridgehead atoms. The Hall–Kier alpha value is -0.870. The number of nitrogens with zero attached hydrogens (tertiary/aromatic N) is 3. The van der Waals surface area contributed by atoms with E-state index in [-0.39, 0.29) is 0 Å².